The highest BCUT2D eigenvalue weighted by Gasteiger charge is 2.35. The Kier molecular flexibility index (Phi) is 5.48. The van der Waals surface area contributed by atoms with Crippen molar-refractivity contribution in [3.63, 3.8) is 0 Å². The number of nitrogens with one attached hydrogen (secondary N) is 1. The predicted molar refractivity (Wildman–Crippen MR) is 87.4 cm³/mol. The third-order valence-corrected chi connectivity index (χ3v) is 3.86. The number of hydrogen-bond acceptors (Lipinski definition) is 4. The van der Waals surface area contributed by atoms with Crippen LogP contribution in [0.4, 0.5) is 19.0 Å². The van der Waals surface area contributed by atoms with E-state index in [1.54, 1.807) is 25.1 Å². The van der Waals surface area contributed by atoms with Crippen LogP contribution >= 0.6 is 15.9 Å². The molecular weight excluding hydrogens is 389 g/mol. The molecule has 1 atom stereocenters. The van der Waals surface area contributed by atoms with Crippen molar-refractivity contribution < 1.29 is 22.7 Å². The van der Waals surface area contributed by atoms with Crippen LogP contribution in [0.25, 0.3) is 0 Å². The van der Waals surface area contributed by atoms with Gasteiger partial charge in [0, 0.05) is 21.8 Å². The molecule has 128 valence electrons. The Bertz CT molecular complexity index is 751. The molecule has 0 aliphatic rings. The molecule has 2 aromatic rings. The fourth-order valence-electron chi connectivity index (χ4n) is 2.20. The van der Waals surface area contributed by atoms with Gasteiger partial charge in [0.05, 0.1) is 18.7 Å². The van der Waals surface area contributed by atoms with Gasteiger partial charge < -0.3 is 10.1 Å². The van der Waals surface area contributed by atoms with Crippen molar-refractivity contribution in [3.8, 4) is 5.75 Å². The first-order valence-electron chi connectivity index (χ1n) is 6.88. The van der Waals surface area contributed by atoms with Crippen LogP contribution in [0.3, 0.4) is 0 Å². The number of aromatic nitrogens is 1. The maximum absolute atomic E-state index is 13.2. The van der Waals surface area contributed by atoms with E-state index in [9.17, 15) is 18.0 Å². The number of benzene rings is 1. The number of carbonyl (C=O) groups is 1. The molecule has 0 aliphatic carbocycles. The molecule has 1 aromatic carbocycles. The fourth-order valence-corrected chi connectivity index (χ4v) is 2.58. The highest BCUT2D eigenvalue weighted by molar-refractivity contribution is 9.10. The van der Waals surface area contributed by atoms with Crippen LogP contribution in [0.1, 0.15) is 34.5 Å². The molecule has 1 aromatic heterocycles. The average Bonchev–Trinajstić information content (AvgIpc) is 2.54. The number of halogens is 4. The molecule has 0 fully saturated rings. The monoisotopic (exact) mass is 402 g/mol. The Morgan fingerprint density at radius 2 is 2.04 bits per heavy atom. The molecule has 0 radical (unpaired) electrons. The summed E-state index contributed by atoms with van der Waals surface area (Å²) in [5.41, 5.74) is -0.463. The predicted octanol–water partition coefficient (Wildman–Crippen LogP) is 4.86. The second-order valence-electron chi connectivity index (χ2n) is 5.03. The first kappa shape index (κ1) is 18.3. The largest absolute Gasteiger partial charge is 0.496 e. The number of nitrogens with zero attached hydrogens (tertiary/aromatic N) is 1. The Balaban J connectivity index is 2.41. The zero-order valence-electron chi connectivity index (χ0n) is 12.8. The second kappa shape index (κ2) is 7.21. The molecule has 0 aliphatic heterocycles. The van der Waals surface area contributed by atoms with Gasteiger partial charge in [-0.1, -0.05) is 15.9 Å². The van der Waals surface area contributed by atoms with E-state index in [1.807, 2.05) is 0 Å². The van der Waals surface area contributed by atoms with Crippen LogP contribution in [-0.4, -0.2) is 18.4 Å². The minimum atomic E-state index is -4.63. The number of carbonyl (C=O) groups excluding carboxylic acids is 1. The molecule has 0 bridgehead atoms. The summed E-state index contributed by atoms with van der Waals surface area (Å²) in [5, 5.41) is 2.74. The molecule has 0 unspecified atom stereocenters. The third kappa shape index (κ3) is 4.05. The minimum absolute atomic E-state index is 0.138. The van der Waals surface area contributed by atoms with Crippen molar-refractivity contribution in [1.29, 1.82) is 0 Å². The lowest BCUT2D eigenvalue weighted by atomic mass is 10.1. The van der Waals surface area contributed by atoms with E-state index in [1.165, 1.54) is 7.11 Å². The molecule has 0 saturated heterocycles. The highest BCUT2D eigenvalue weighted by Crippen LogP contribution is 2.37. The number of ether oxygens (including phenoxy) is 1. The van der Waals surface area contributed by atoms with Crippen molar-refractivity contribution in [2.24, 2.45) is 0 Å². The zero-order chi connectivity index (χ0) is 17.9. The lowest BCUT2D eigenvalue weighted by Crippen LogP contribution is -2.16. The van der Waals surface area contributed by atoms with Gasteiger partial charge in [-0.3, -0.25) is 4.79 Å². The van der Waals surface area contributed by atoms with Gasteiger partial charge in [0.25, 0.3) is 0 Å². The van der Waals surface area contributed by atoms with Crippen molar-refractivity contribution in [1.82, 2.24) is 4.98 Å². The van der Waals surface area contributed by atoms with Crippen LogP contribution in [0, 0.1) is 0 Å². The summed E-state index contributed by atoms with van der Waals surface area (Å²) < 4.78 is 45.6. The SMILES string of the molecule is COc1ccc(Br)cc1[C@H](C)Nc1ncc(C=O)cc1C(F)(F)F. The summed E-state index contributed by atoms with van der Waals surface area (Å²) in [6.45, 7) is 1.69. The van der Waals surface area contributed by atoms with Crippen LogP contribution in [0.15, 0.2) is 34.9 Å². The Morgan fingerprint density at radius 1 is 1.33 bits per heavy atom. The third-order valence-electron chi connectivity index (χ3n) is 3.36. The van der Waals surface area contributed by atoms with E-state index < -0.39 is 17.8 Å². The van der Waals surface area contributed by atoms with Gasteiger partial charge in [0.15, 0.2) is 6.29 Å². The smallest absolute Gasteiger partial charge is 0.419 e. The summed E-state index contributed by atoms with van der Waals surface area (Å²) in [7, 11) is 1.48. The van der Waals surface area contributed by atoms with Crippen LogP contribution in [0.5, 0.6) is 5.75 Å². The maximum Gasteiger partial charge on any atom is 0.419 e. The zero-order valence-corrected chi connectivity index (χ0v) is 14.4. The molecule has 24 heavy (non-hydrogen) atoms. The maximum atomic E-state index is 13.2. The van der Waals surface area contributed by atoms with Gasteiger partial charge >= 0.3 is 6.18 Å². The van der Waals surface area contributed by atoms with Crippen molar-refractivity contribution in [2.45, 2.75) is 19.1 Å². The van der Waals surface area contributed by atoms with Gasteiger partial charge in [0.2, 0.25) is 0 Å². The van der Waals surface area contributed by atoms with E-state index in [-0.39, 0.29) is 11.4 Å². The van der Waals surface area contributed by atoms with E-state index in [2.05, 4.69) is 26.2 Å². The lowest BCUT2D eigenvalue weighted by Gasteiger charge is -2.21. The van der Waals surface area contributed by atoms with Crippen LogP contribution in [0.2, 0.25) is 0 Å². The second-order valence-corrected chi connectivity index (χ2v) is 5.95. The van der Waals surface area contributed by atoms with E-state index in [0.29, 0.717) is 17.6 Å². The number of anilines is 1. The van der Waals surface area contributed by atoms with Crippen molar-refractivity contribution >= 4 is 28.0 Å². The highest BCUT2D eigenvalue weighted by atomic mass is 79.9. The quantitative estimate of drug-likeness (QED) is 0.725. The summed E-state index contributed by atoms with van der Waals surface area (Å²) in [5.74, 6) is 0.193. The fraction of sp³-hybridized carbons (Fsp3) is 0.250. The minimum Gasteiger partial charge on any atom is -0.496 e. The molecule has 0 amide bonds. The molecular formula is C16H14BrF3N2O2. The Hall–Kier alpha value is -2.09. The Labute approximate surface area is 145 Å². The lowest BCUT2D eigenvalue weighted by molar-refractivity contribution is -0.137. The molecule has 0 spiro atoms. The topological polar surface area (TPSA) is 51.2 Å². The number of aldehydes is 1. The van der Waals surface area contributed by atoms with Gasteiger partial charge in [0.1, 0.15) is 11.6 Å². The number of alkyl halides is 3. The standard InChI is InChI=1S/C16H14BrF3N2O2/c1-9(12-6-11(17)3-4-14(12)24-2)22-15-13(16(18,19)20)5-10(8-23)7-21-15/h3-9H,1-2H3,(H,21,22)/t9-/m0/s1. The van der Waals surface area contributed by atoms with Gasteiger partial charge in [-0.2, -0.15) is 13.2 Å². The average molecular weight is 403 g/mol. The molecule has 4 nitrogen and oxygen atoms in total. The Morgan fingerprint density at radius 3 is 2.62 bits per heavy atom. The summed E-state index contributed by atoms with van der Waals surface area (Å²) in [4.78, 5) is 14.5. The number of pyridine rings is 1. The van der Waals surface area contributed by atoms with E-state index in [0.717, 1.165) is 16.7 Å². The van der Waals surface area contributed by atoms with Crippen molar-refractivity contribution in [3.05, 3.63) is 51.6 Å². The molecule has 2 rings (SSSR count). The van der Waals surface area contributed by atoms with Crippen molar-refractivity contribution in [2.75, 3.05) is 12.4 Å². The van der Waals surface area contributed by atoms with Gasteiger partial charge in [-0.15, -0.1) is 0 Å². The number of rotatable bonds is 5. The summed E-state index contributed by atoms with van der Waals surface area (Å²) in [6, 6.07) is 5.50. The summed E-state index contributed by atoms with van der Waals surface area (Å²) >= 11 is 3.33. The normalized spacial score (nSPS) is 12.6. The first-order valence-corrected chi connectivity index (χ1v) is 7.68. The van der Waals surface area contributed by atoms with E-state index >= 15 is 0 Å². The first-order chi connectivity index (χ1) is 11.3. The van der Waals surface area contributed by atoms with Crippen LogP contribution < -0.4 is 10.1 Å². The molecule has 1 heterocycles. The molecule has 8 heteroatoms. The summed E-state index contributed by atoms with van der Waals surface area (Å²) in [6.07, 6.45) is -3.21. The van der Waals surface area contributed by atoms with Gasteiger partial charge in [-0.05, 0) is 31.2 Å². The molecule has 1 N–H and O–H groups in total. The van der Waals surface area contributed by atoms with E-state index in [4.69, 9.17) is 4.74 Å². The van der Waals surface area contributed by atoms with Gasteiger partial charge in [-0.25, -0.2) is 4.98 Å². The number of methoxy groups -OCH3 is 1. The van der Waals surface area contributed by atoms with Crippen LogP contribution in [-0.2, 0) is 6.18 Å². The number of hydrogen-bond donors (Lipinski definition) is 1. The molecule has 0 saturated carbocycles.